The third-order valence-corrected chi connectivity index (χ3v) is 5.37. The van der Waals surface area contributed by atoms with Gasteiger partial charge < -0.3 is 10.1 Å². The molecule has 0 unspecified atom stereocenters. The normalized spacial score (nSPS) is 10.7. The van der Waals surface area contributed by atoms with E-state index in [0.717, 1.165) is 32.6 Å². The number of amides is 1. The number of anilines is 1. The number of rotatable bonds is 5. The number of carbonyl (C=O) groups is 1. The van der Waals surface area contributed by atoms with Crippen molar-refractivity contribution in [3.63, 3.8) is 0 Å². The Kier molecular flexibility index (Phi) is 5.68. The van der Waals surface area contributed by atoms with E-state index in [1.807, 2.05) is 62.4 Å². The second-order valence-corrected chi connectivity index (χ2v) is 7.85. The summed E-state index contributed by atoms with van der Waals surface area (Å²) in [6.07, 6.45) is 0. The third-order valence-electron chi connectivity index (χ3n) is 4.22. The van der Waals surface area contributed by atoms with E-state index in [4.69, 9.17) is 17.0 Å². The van der Waals surface area contributed by atoms with Gasteiger partial charge in [-0.15, -0.1) is 10.2 Å². The first-order valence-corrected chi connectivity index (χ1v) is 10.3. The predicted molar refractivity (Wildman–Crippen MR) is 120 cm³/mol. The van der Waals surface area contributed by atoms with Crippen molar-refractivity contribution in [2.75, 3.05) is 11.9 Å². The number of ether oxygens (including phenoxy) is 1. The minimum absolute atomic E-state index is 0.126. The zero-order valence-corrected chi connectivity index (χ0v) is 17.9. The van der Waals surface area contributed by atoms with Gasteiger partial charge in [-0.1, -0.05) is 41.7 Å². The number of hydrogen-bond donors (Lipinski definition) is 2. The standard InChI is InChI=1S/C20H18N6O2S2/c1-12-6-3-4-9-16(12)28-11-17(27)22-19(29)21-15-8-5-7-14(10-15)18-25-26-13(2)23-24-20(26)30-18/h3-10H,11H2,1-2H3,(H2,21,22,27,29). The van der Waals surface area contributed by atoms with Gasteiger partial charge in [-0.25, -0.2) is 0 Å². The summed E-state index contributed by atoms with van der Waals surface area (Å²) in [5.74, 6) is 1.06. The molecule has 2 N–H and O–H groups in total. The lowest BCUT2D eigenvalue weighted by Crippen LogP contribution is -2.37. The highest BCUT2D eigenvalue weighted by atomic mass is 32.1. The smallest absolute Gasteiger partial charge is 0.264 e. The fourth-order valence-corrected chi connectivity index (χ4v) is 3.86. The molecular formula is C20H18N6O2S2. The maximum absolute atomic E-state index is 12.1. The van der Waals surface area contributed by atoms with Gasteiger partial charge >= 0.3 is 0 Å². The summed E-state index contributed by atoms with van der Waals surface area (Å²) in [5.41, 5.74) is 2.61. The summed E-state index contributed by atoms with van der Waals surface area (Å²) >= 11 is 6.70. The highest BCUT2D eigenvalue weighted by Crippen LogP contribution is 2.27. The van der Waals surface area contributed by atoms with E-state index in [0.29, 0.717) is 5.75 Å². The minimum atomic E-state index is -0.337. The Labute approximate surface area is 181 Å². The van der Waals surface area contributed by atoms with Gasteiger partial charge in [0.15, 0.2) is 17.5 Å². The Morgan fingerprint density at radius 2 is 2.00 bits per heavy atom. The molecule has 152 valence electrons. The van der Waals surface area contributed by atoms with Crippen LogP contribution < -0.4 is 15.4 Å². The van der Waals surface area contributed by atoms with Crippen LogP contribution in [0.1, 0.15) is 11.4 Å². The quantitative estimate of drug-likeness (QED) is 0.462. The van der Waals surface area contributed by atoms with E-state index in [1.54, 1.807) is 4.52 Å². The Hall–Kier alpha value is -3.37. The van der Waals surface area contributed by atoms with Crippen molar-refractivity contribution in [2.45, 2.75) is 13.8 Å². The van der Waals surface area contributed by atoms with Gasteiger partial charge in [0.2, 0.25) is 4.96 Å². The molecular weight excluding hydrogens is 420 g/mol. The fourth-order valence-electron chi connectivity index (χ4n) is 2.75. The largest absolute Gasteiger partial charge is 0.483 e. The van der Waals surface area contributed by atoms with Crippen molar-refractivity contribution in [2.24, 2.45) is 0 Å². The van der Waals surface area contributed by atoms with E-state index in [2.05, 4.69) is 25.9 Å². The zero-order chi connectivity index (χ0) is 21.1. The average Bonchev–Trinajstić information content (AvgIpc) is 3.30. The lowest BCUT2D eigenvalue weighted by molar-refractivity contribution is -0.121. The molecule has 0 saturated carbocycles. The van der Waals surface area contributed by atoms with Crippen molar-refractivity contribution in [1.29, 1.82) is 0 Å². The number of thiocarbonyl (C=S) groups is 1. The van der Waals surface area contributed by atoms with Crippen LogP contribution >= 0.6 is 23.6 Å². The van der Waals surface area contributed by atoms with Gasteiger partial charge in [0.05, 0.1) is 0 Å². The van der Waals surface area contributed by atoms with Crippen molar-refractivity contribution >= 4 is 45.2 Å². The van der Waals surface area contributed by atoms with E-state index in [9.17, 15) is 4.79 Å². The summed E-state index contributed by atoms with van der Waals surface area (Å²) in [6.45, 7) is 3.65. The molecule has 2 aromatic heterocycles. The van der Waals surface area contributed by atoms with Crippen LogP contribution in [0.15, 0.2) is 48.5 Å². The molecule has 0 aliphatic heterocycles. The summed E-state index contributed by atoms with van der Waals surface area (Å²) in [5, 5.41) is 19.3. The Morgan fingerprint density at radius 3 is 2.80 bits per heavy atom. The molecule has 30 heavy (non-hydrogen) atoms. The molecule has 0 saturated heterocycles. The predicted octanol–water partition coefficient (Wildman–Crippen LogP) is 3.36. The minimum Gasteiger partial charge on any atom is -0.483 e. The average molecular weight is 439 g/mol. The van der Waals surface area contributed by atoms with Crippen LogP contribution in [0.3, 0.4) is 0 Å². The maximum atomic E-state index is 12.1. The number of nitrogens with one attached hydrogen (secondary N) is 2. The van der Waals surface area contributed by atoms with Crippen molar-refractivity contribution in [3.8, 4) is 16.3 Å². The van der Waals surface area contributed by atoms with Crippen LogP contribution in [-0.2, 0) is 4.79 Å². The van der Waals surface area contributed by atoms with E-state index in [1.165, 1.54) is 11.3 Å². The summed E-state index contributed by atoms with van der Waals surface area (Å²) in [4.78, 5) is 12.9. The van der Waals surface area contributed by atoms with E-state index in [-0.39, 0.29) is 17.6 Å². The SMILES string of the molecule is Cc1ccccc1OCC(=O)NC(=S)Nc1cccc(-c2nn3c(C)nnc3s2)c1. The number of benzene rings is 2. The second kappa shape index (κ2) is 8.56. The Bertz CT molecular complexity index is 1230. The van der Waals surface area contributed by atoms with E-state index < -0.39 is 0 Å². The van der Waals surface area contributed by atoms with Gasteiger partial charge in [0.1, 0.15) is 10.8 Å². The molecule has 0 spiro atoms. The molecule has 2 heterocycles. The number of para-hydroxylation sites is 1. The molecule has 0 aliphatic carbocycles. The van der Waals surface area contributed by atoms with Gasteiger partial charge in [-0.05, 0) is 49.8 Å². The molecule has 8 nitrogen and oxygen atoms in total. The molecule has 0 bridgehead atoms. The first-order valence-electron chi connectivity index (χ1n) is 9.08. The molecule has 0 atom stereocenters. The maximum Gasteiger partial charge on any atom is 0.264 e. The van der Waals surface area contributed by atoms with Crippen LogP contribution in [0.5, 0.6) is 5.75 Å². The lowest BCUT2D eigenvalue weighted by Gasteiger charge is -2.11. The Morgan fingerprint density at radius 1 is 1.17 bits per heavy atom. The van der Waals surface area contributed by atoms with Gasteiger partial charge in [0, 0.05) is 11.3 Å². The molecule has 4 rings (SSSR count). The zero-order valence-electron chi connectivity index (χ0n) is 16.2. The monoisotopic (exact) mass is 438 g/mol. The molecule has 2 aromatic carbocycles. The van der Waals surface area contributed by atoms with Gasteiger partial charge in [-0.2, -0.15) is 9.61 Å². The Balaban J connectivity index is 1.37. The van der Waals surface area contributed by atoms with Crippen molar-refractivity contribution in [3.05, 3.63) is 59.9 Å². The van der Waals surface area contributed by atoms with Gasteiger partial charge in [0.25, 0.3) is 5.91 Å². The molecule has 4 aromatic rings. The van der Waals surface area contributed by atoms with Crippen LogP contribution in [0.4, 0.5) is 5.69 Å². The number of aryl methyl sites for hydroxylation is 2. The highest BCUT2D eigenvalue weighted by molar-refractivity contribution is 7.80. The van der Waals surface area contributed by atoms with Crippen LogP contribution in [0.25, 0.3) is 15.5 Å². The van der Waals surface area contributed by atoms with Crippen molar-refractivity contribution in [1.82, 2.24) is 25.1 Å². The van der Waals surface area contributed by atoms with Crippen molar-refractivity contribution < 1.29 is 9.53 Å². The molecule has 0 aliphatic rings. The number of carbonyl (C=O) groups excluding carboxylic acids is 1. The van der Waals surface area contributed by atoms with Gasteiger partial charge in [-0.3, -0.25) is 10.1 Å². The number of hydrogen-bond acceptors (Lipinski definition) is 7. The number of aromatic nitrogens is 4. The topological polar surface area (TPSA) is 93.4 Å². The molecule has 10 heteroatoms. The second-order valence-electron chi connectivity index (χ2n) is 6.49. The highest BCUT2D eigenvalue weighted by Gasteiger charge is 2.12. The molecule has 1 amide bonds. The lowest BCUT2D eigenvalue weighted by atomic mass is 10.2. The van der Waals surface area contributed by atoms with E-state index >= 15 is 0 Å². The first-order chi connectivity index (χ1) is 14.5. The van der Waals surface area contributed by atoms with Crippen LogP contribution in [-0.4, -0.2) is 37.4 Å². The number of fused-ring (bicyclic) bond motifs is 1. The van der Waals surface area contributed by atoms with Crippen LogP contribution in [0, 0.1) is 13.8 Å². The first kappa shape index (κ1) is 19.9. The molecule has 0 fully saturated rings. The summed E-state index contributed by atoms with van der Waals surface area (Å²) in [7, 11) is 0. The summed E-state index contributed by atoms with van der Waals surface area (Å²) in [6, 6.07) is 15.1. The number of nitrogens with zero attached hydrogens (tertiary/aromatic N) is 4. The fraction of sp³-hybridized carbons (Fsp3) is 0.150. The third kappa shape index (κ3) is 4.44. The molecule has 0 radical (unpaired) electrons. The summed E-state index contributed by atoms with van der Waals surface area (Å²) < 4.78 is 7.25. The van der Waals surface area contributed by atoms with Crippen LogP contribution in [0.2, 0.25) is 0 Å².